The molecule has 3 heterocycles. The van der Waals surface area contributed by atoms with E-state index < -0.39 is 10.0 Å². The van der Waals surface area contributed by atoms with Gasteiger partial charge in [-0.3, -0.25) is 4.72 Å². The quantitative estimate of drug-likeness (QED) is 0.601. The summed E-state index contributed by atoms with van der Waals surface area (Å²) >= 11 is 0. The number of benzene rings is 2. The number of ether oxygens (including phenoxy) is 1. The number of aromatic nitrogens is 2. The Labute approximate surface area is 193 Å². The van der Waals surface area contributed by atoms with Crippen LogP contribution in [0.3, 0.4) is 0 Å². The summed E-state index contributed by atoms with van der Waals surface area (Å²) in [7, 11) is -3.30. The van der Waals surface area contributed by atoms with Crippen LogP contribution in [0.2, 0.25) is 0 Å². The van der Waals surface area contributed by atoms with Crippen LogP contribution in [0.25, 0.3) is 17.1 Å². The molecule has 0 radical (unpaired) electrons. The van der Waals surface area contributed by atoms with E-state index in [-0.39, 0.29) is 18.0 Å². The Kier molecular flexibility index (Phi) is 6.15. The summed E-state index contributed by atoms with van der Waals surface area (Å²) in [6, 6.07) is 11.4. The zero-order valence-electron chi connectivity index (χ0n) is 17.7. The molecule has 3 aromatic rings. The Morgan fingerprint density at radius 1 is 1.09 bits per heavy atom. The van der Waals surface area contributed by atoms with Gasteiger partial charge in [-0.15, -0.1) is 12.4 Å². The van der Waals surface area contributed by atoms with Crippen LogP contribution in [0.15, 0.2) is 47.1 Å². The monoisotopic (exact) mass is 476 g/mol. The fraction of sp³-hybridized carbons (Fsp3) is 0.364. The van der Waals surface area contributed by atoms with E-state index in [1.54, 1.807) is 12.1 Å². The minimum Gasteiger partial charge on any atom is -0.482 e. The SMILES string of the molecule is CS(=O)(=O)Nc1ccc2c(c1)C=CC1(CCN(CCc3ccc4nonc4c3)CC1)O2.Cl. The predicted octanol–water partition coefficient (Wildman–Crippen LogP) is 3.50. The van der Waals surface area contributed by atoms with Gasteiger partial charge in [-0.25, -0.2) is 13.0 Å². The van der Waals surface area contributed by atoms with Crippen molar-refractivity contribution in [2.45, 2.75) is 24.9 Å². The van der Waals surface area contributed by atoms with Gasteiger partial charge in [0.2, 0.25) is 10.0 Å². The molecule has 32 heavy (non-hydrogen) atoms. The first-order valence-corrected chi connectivity index (χ1v) is 12.2. The van der Waals surface area contributed by atoms with Crippen molar-refractivity contribution in [3.05, 3.63) is 53.6 Å². The summed E-state index contributed by atoms with van der Waals surface area (Å²) in [6.07, 6.45) is 8.10. The Morgan fingerprint density at radius 2 is 1.88 bits per heavy atom. The lowest BCUT2D eigenvalue weighted by Gasteiger charge is -2.42. The summed E-state index contributed by atoms with van der Waals surface area (Å²) in [5.74, 6) is 0.796. The number of nitrogens with zero attached hydrogens (tertiary/aromatic N) is 3. The number of rotatable bonds is 5. The van der Waals surface area contributed by atoms with E-state index >= 15 is 0 Å². The Hall–Kier alpha value is -2.62. The van der Waals surface area contributed by atoms with E-state index in [1.807, 2.05) is 24.3 Å². The van der Waals surface area contributed by atoms with Gasteiger partial charge in [0.05, 0.1) is 6.26 Å². The van der Waals surface area contributed by atoms with Crippen LogP contribution in [0.1, 0.15) is 24.0 Å². The van der Waals surface area contributed by atoms with E-state index in [4.69, 9.17) is 9.37 Å². The number of halogens is 1. The number of piperidine rings is 1. The molecule has 5 rings (SSSR count). The summed E-state index contributed by atoms with van der Waals surface area (Å²) in [6.45, 7) is 2.90. The van der Waals surface area contributed by atoms with Crippen molar-refractivity contribution in [1.29, 1.82) is 0 Å². The molecule has 2 aliphatic rings. The lowest BCUT2D eigenvalue weighted by molar-refractivity contribution is 0.0392. The molecule has 2 aliphatic heterocycles. The second-order valence-corrected chi connectivity index (χ2v) is 10.1. The molecule has 1 spiro atoms. The third-order valence-electron chi connectivity index (χ3n) is 5.93. The van der Waals surface area contributed by atoms with Crippen LogP contribution >= 0.6 is 12.4 Å². The van der Waals surface area contributed by atoms with Crippen LogP contribution < -0.4 is 9.46 Å². The first kappa shape index (κ1) is 22.6. The predicted molar refractivity (Wildman–Crippen MR) is 126 cm³/mol. The van der Waals surface area contributed by atoms with E-state index in [1.165, 1.54) is 5.56 Å². The normalized spacial score (nSPS) is 17.5. The van der Waals surface area contributed by atoms with Crippen molar-refractivity contribution < 1.29 is 17.8 Å². The van der Waals surface area contributed by atoms with Crippen molar-refractivity contribution in [2.75, 3.05) is 30.6 Å². The average Bonchev–Trinajstić information content (AvgIpc) is 3.20. The second kappa shape index (κ2) is 8.73. The van der Waals surface area contributed by atoms with Gasteiger partial charge in [-0.1, -0.05) is 12.1 Å². The largest absolute Gasteiger partial charge is 0.482 e. The van der Waals surface area contributed by atoms with E-state index in [0.29, 0.717) is 5.69 Å². The third kappa shape index (κ3) is 4.90. The lowest BCUT2D eigenvalue weighted by Crippen LogP contribution is -2.48. The molecule has 10 heteroatoms. The zero-order valence-corrected chi connectivity index (χ0v) is 19.3. The number of nitrogens with one attached hydrogen (secondary N) is 1. The van der Waals surface area contributed by atoms with Crippen LogP contribution in [0.5, 0.6) is 5.75 Å². The van der Waals surface area contributed by atoms with E-state index in [0.717, 1.165) is 67.5 Å². The molecule has 0 bridgehead atoms. The van der Waals surface area contributed by atoms with Crippen molar-refractivity contribution >= 4 is 45.2 Å². The minimum atomic E-state index is -3.30. The molecule has 0 saturated carbocycles. The molecule has 0 amide bonds. The van der Waals surface area contributed by atoms with Crippen LogP contribution in [0.4, 0.5) is 5.69 Å². The Morgan fingerprint density at radius 3 is 2.66 bits per heavy atom. The highest BCUT2D eigenvalue weighted by Gasteiger charge is 2.36. The average molecular weight is 477 g/mol. The number of anilines is 1. The molecule has 1 aromatic heterocycles. The maximum atomic E-state index is 11.5. The Bertz CT molecular complexity index is 1250. The molecule has 0 unspecified atom stereocenters. The maximum Gasteiger partial charge on any atom is 0.229 e. The maximum absolute atomic E-state index is 11.5. The third-order valence-corrected chi connectivity index (χ3v) is 6.54. The molecule has 1 fully saturated rings. The highest BCUT2D eigenvalue weighted by Crippen LogP contribution is 2.38. The highest BCUT2D eigenvalue weighted by atomic mass is 35.5. The molecule has 1 saturated heterocycles. The van der Waals surface area contributed by atoms with Crippen molar-refractivity contribution in [3.63, 3.8) is 0 Å². The molecule has 0 atom stereocenters. The first-order chi connectivity index (χ1) is 14.9. The van der Waals surface area contributed by atoms with Gasteiger partial charge in [0.1, 0.15) is 22.4 Å². The van der Waals surface area contributed by atoms with Crippen molar-refractivity contribution in [1.82, 2.24) is 15.2 Å². The first-order valence-electron chi connectivity index (χ1n) is 10.3. The van der Waals surface area contributed by atoms with Crippen molar-refractivity contribution in [2.24, 2.45) is 0 Å². The highest BCUT2D eigenvalue weighted by molar-refractivity contribution is 7.92. The lowest BCUT2D eigenvalue weighted by atomic mass is 9.88. The standard InChI is InChI=1S/C22H24N4O4S.ClH/c1-31(27,28)25-18-3-5-21-17(15-18)6-8-22(29-21)9-12-26(13-10-22)11-7-16-2-4-19-20(14-16)24-30-23-19;/h2-6,8,14-15,25H,7,9-13H2,1H3;1H. The second-order valence-electron chi connectivity index (χ2n) is 8.31. The number of sulfonamides is 1. The summed E-state index contributed by atoms with van der Waals surface area (Å²) in [4.78, 5) is 2.46. The summed E-state index contributed by atoms with van der Waals surface area (Å²) in [5, 5.41) is 7.76. The van der Waals surface area contributed by atoms with Gasteiger partial charge >= 0.3 is 0 Å². The fourth-order valence-electron chi connectivity index (χ4n) is 4.24. The molecule has 8 nitrogen and oxygen atoms in total. The summed E-state index contributed by atoms with van der Waals surface area (Å²) in [5.41, 5.74) is 3.94. The van der Waals surface area contributed by atoms with E-state index in [9.17, 15) is 8.42 Å². The minimum absolute atomic E-state index is 0. The van der Waals surface area contributed by atoms with Gasteiger partial charge in [0.25, 0.3) is 0 Å². The van der Waals surface area contributed by atoms with Crippen LogP contribution in [-0.4, -0.2) is 55.1 Å². The summed E-state index contributed by atoms with van der Waals surface area (Å²) < 4.78 is 36.6. The smallest absolute Gasteiger partial charge is 0.229 e. The topological polar surface area (TPSA) is 97.6 Å². The Balaban J connectivity index is 0.00000245. The fourth-order valence-corrected chi connectivity index (χ4v) is 4.79. The number of likely N-dealkylation sites (tertiary alicyclic amines) is 1. The van der Waals surface area contributed by atoms with Gasteiger partial charge in [-0.2, -0.15) is 0 Å². The molecule has 2 aromatic carbocycles. The molecular weight excluding hydrogens is 452 g/mol. The number of hydrogen-bond donors (Lipinski definition) is 1. The number of fused-ring (bicyclic) bond motifs is 2. The van der Waals surface area contributed by atoms with Gasteiger partial charge < -0.3 is 9.64 Å². The van der Waals surface area contributed by atoms with Gasteiger partial charge in [0.15, 0.2) is 0 Å². The number of hydrogen-bond acceptors (Lipinski definition) is 7. The van der Waals surface area contributed by atoms with Crippen LogP contribution in [0, 0.1) is 0 Å². The molecule has 170 valence electrons. The van der Waals surface area contributed by atoms with Gasteiger partial charge in [-0.05, 0) is 58.7 Å². The van der Waals surface area contributed by atoms with Crippen LogP contribution in [-0.2, 0) is 16.4 Å². The van der Waals surface area contributed by atoms with E-state index in [2.05, 4.69) is 32.1 Å². The molecular formula is C22H25ClN4O4S. The van der Waals surface area contributed by atoms with Gasteiger partial charge in [0, 0.05) is 43.7 Å². The molecule has 1 N–H and O–H groups in total. The zero-order chi connectivity index (χ0) is 21.5. The molecule has 0 aliphatic carbocycles. The van der Waals surface area contributed by atoms with Crippen molar-refractivity contribution in [3.8, 4) is 5.75 Å².